The molecule has 1 unspecified atom stereocenters. The third-order valence-corrected chi connectivity index (χ3v) is 6.70. The smallest absolute Gasteiger partial charge is 0.255 e. The SMILES string of the molecule is Cc1ccc(N2CCCC3(CCCN3C(=O)c3cccc4c3COC4)C2=O)cc1. The molecule has 1 spiro atoms. The Labute approximate surface area is 171 Å². The lowest BCUT2D eigenvalue weighted by atomic mass is 9.84. The Balaban J connectivity index is 1.49. The predicted octanol–water partition coefficient (Wildman–Crippen LogP) is 3.83. The van der Waals surface area contributed by atoms with Gasteiger partial charge in [-0.1, -0.05) is 29.8 Å². The number of rotatable bonds is 2. The van der Waals surface area contributed by atoms with Gasteiger partial charge in [0.15, 0.2) is 0 Å². The largest absolute Gasteiger partial charge is 0.372 e. The molecule has 2 amide bonds. The van der Waals surface area contributed by atoms with E-state index < -0.39 is 5.54 Å². The third-order valence-electron chi connectivity index (χ3n) is 6.70. The van der Waals surface area contributed by atoms with E-state index in [4.69, 9.17) is 4.74 Å². The number of benzene rings is 2. The summed E-state index contributed by atoms with van der Waals surface area (Å²) in [4.78, 5) is 31.1. The van der Waals surface area contributed by atoms with Crippen LogP contribution < -0.4 is 4.90 Å². The minimum Gasteiger partial charge on any atom is -0.372 e. The van der Waals surface area contributed by atoms with E-state index in [0.717, 1.165) is 42.5 Å². The zero-order valence-electron chi connectivity index (χ0n) is 16.8. The van der Waals surface area contributed by atoms with Crippen molar-refractivity contribution in [2.45, 2.75) is 51.4 Å². The summed E-state index contributed by atoms with van der Waals surface area (Å²) in [5, 5.41) is 0. The van der Waals surface area contributed by atoms with Crippen molar-refractivity contribution in [2.24, 2.45) is 0 Å². The summed E-state index contributed by atoms with van der Waals surface area (Å²) in [5.74, 6) is 0.0474. The van der Waals surface area contributed by atoms with Crippen LogP contribution >= 0.6 is 0 Å². The second kappa shape index (κ2) is 6.99. The monoisotopic (exact) mass is 390 g/mol. The maximum atomic E-state index is 13.7. The van der Waals surface area contributed by atoms with Crippen molar-refractivity contribution >= 4 is 17.5 Å². The molecule has 0 aliphatic carbocycles. The van der Waals surface area contributed by atoms with Crippen LogP contribution in [0.4, 0.5) is 5.69 Å². The van der Waals surface area contributed by atoms with E-state index in [1.54, 1.807) is 0 Å². The molecule has 5 heteroatoms. The number of nitrogens with zero attached hydrogens (tertiary/aromatic N) is 2. The summed E-state index contributed by atoms with van der Waals surface area (Å²) >= 11 is 0. The molecule has 0 aromatic heterocycles. The Morgan fingerprint density at radius 2 is 1.76 bits per heavy atom. The lowest BCUT2D eigenvalue weighted by molar-refractivity contribution is -0.130. The molecule has 3 aliphatic rings. The predicted molar refractivity (Wildman–Crippen MR) is 111 cm³/mol. The molecule has 2 saturated heterocycles. The summed E-state index contributed by atoms with van der Waals surface area (Å²) in [7, 11) is 0. The van der Waals surface area contributed by atoms with Crippen LogP contribution in [0.5, 0.6) is 0 Å². The quantitative estimate of drug-likeness (QED) is 0.783. The number of hydrogen-bond acceptors (Lipinski definition) is 3. The highest BCUT2D eigenvalue weighted by molar-refractivity contribution is 6.06. The van der Waals surface area contributed by atoms with Gasteiger partial charge in [0.05, 0.1) is 13.2 Å². The van der Waals surface area contributed by atoms with E-state index in [0.29, 0.717) is 31.9 Å². The highest BCUT2D eigenvalue weighted by Gasteiger charge is 2.53. The van der Waals surface area contributed by atoms with Gasteiger partial charge in [0.2, 0.25) is 0 Å². The second-order valence-electron chi connectivity index (χ2n) is 8.42. The van der Waals surface area contributed by atoms with E-state index in [9.17, 15) is 9.59 Å². The zero-order chi connectivity index (χ0) is 20.0. The van der Waals surface area contributed by atoms with E-state index in [2.05, 4.69) is 0 Å². The molecule has 0 N–H and O–H groups in total. The van der Waals surface area contributed by atoms with E-state index >= 15 is 0 Å². The number of hydrogen-bond donors (Lipinski definition) is 0. The Kier molecular flexibility index (Phi) is 4.43. The minimum atomic E-state index is -0.720. The number of fused-ring (bicyclic) bond motifs is 1. The van der Waals surface area contributed by atoms with Crippen molar-refractivity contribution < 1.29 is 14.3 Å². The molecule has 2 aromatic carbocycles. The van der Waals surface area contributed by atoms with Gasteiger partial charge in [0.1, 0.15) is 5.54 Å². The number of ether oxygens (including phenoxy) is 1. The third kappa shape index (κ3) is 2.87. The van der Waals surface area contributed by atoms with Crippen molar-refractivity contribution in [3.05, 3.63) is 64.7 Å². The van der Waals surface area contributed by atoms with Crippen LogP contribution in [0.25, 0.3) is 0 Å². The summed E-state index contributed by atoms with van der Waals surface area (Å²) < 4.78 is 5.57. The zero-order valence-corrected chi connectivity index (χ0v) is 16.8. The number of amides is 2. The molecular weight excluding hydrogens is 364 g/mol. The van der Waals surface area contributed by atoms with Crippen LogP contribution in [0.15, 0.2) is 42.5 Å². The molecule has 5 rings (SSSR count). The van der Waals surface area contributed by atoms with Crippen molar-refractivity contribution in [3.8, 4) is 0 Å². The Morgan fingerprint density at radius 3 is 2.55 bits per heavy atom. The van der Waals surface area contributed by atoms with Gasteiger partial charge >= 0.3 is 0 Å². The molecule has 2 aromatic rings. The van der Waals surface area contributed by atoms with Crippen LogP contribution in [0, 0.1) is 6.92 Å². The number of anilines is 1. The molecular formula is C24H26N2O3. The number of aryl methyl sites for hydroxylation is 1. The number of likely N-dealkylation sites (tertiary alicyclic amines) is 1. The first-order valence-corrected chi connectivity index (χ1v) is 10.5. The van der Waals surface area contributed by atoms with E-state index in [1.807, 2.05) is 59.2 Å². The maximum Gasteiger partial charge on any atom is 0.255 e. The first-order valence-electron chi connectivity index (χ1n) is 10.5. The van der Waals surface area contributed by atoms with Gasteiger partial charge in [0.25, 0.3) is 11.8 Å². The van der Waals surface area contributed by atoms with Gasteiger partial charge in [-0.05, 0) is 61.9 Å². The highest BCUT2D eigenvalue weighted by Crippen LogP contribution is 2.41. The average Bonchev–Trinajstić information content (AvgIpc) is 3.38. The summed E-state index contributed by atoms with van der Waals surface area (Å²) in [6, 6.07) is 13.9. The molecule has 0 radical (unpaired) electrons. The molecule has 0 bridgehead atoms. The fourth-order valence-electron chi connectivity index (χ4n) is 5.17. The molecule has 0 saturated carbocycles. The molecule has 2 fully saturated rings. The normalized spacial score (nSPS) is 23.7. The molecule has 3 heterocycles. The highest BCUT2D eigenvalue weighted by atomic mass is 16.5. The fraction of sp³-hybridized carbons (Fsp3) is 0.417. The average molecular weight is 390 g/mol. The Bertz CT molecular complexity index is 969. The van der Waals surface area contributed by atoms with Crippen molar-refractivity contribution in [1.29, 1.82) is 0 Å². The lowest BCUT2D eigenvalue weighted by Gasteiger charge is -2.44. The molecule has 5 nitrogen and oxygen atoms in total. The van der Waals surface area contributed by atoms with E-state index in [1.165, 1.54) is 5.56 Å². The van der Waals surface area contributed by atoms with Crippen molar-refractivity contribution in [3.63, 3.8) is 0 Å². The van der Waals surface area contributed by atoms with E-state index in [-0.39, 0.29) is 11.8 Å². The van der Waals surface area contributed by atoms with Crippen molar-refractivity contribution in [2.75, 3.05) is 18.0 Å². The van der Waals surface area contributed by atoms with Gasteiger partial charge in [-0.15, -0.1) is 0 Å². The van der Waals surface area contributed by atoms with Gasteiger partial charge in [-0.25, -0.2) is 0 Å². The van der Waals surface area contributed by atoms with Gasteiger partial charge < -0.3 is 14.5 Å². The maximum absolute atomic E-state index is 13.7. The number of carbonyl (C=O) groups excluding carboxylic acids is 2. The lowest BCUT2D eigenvalue weighted by Crippen LogP contribution is -2.61. The van der Waals surface area contributed by atoms with Crippen molar-refractivity contribution in [1.82, 2.24) is 4.90 Å². The minimum absolute atomic E-state index is 0.0241. The summed E-state index contributed by atoms with van der Waals surface area (Å²) in [6.07, 6.45) is 3.25. The number of piperidine rings is 1. The molecule has 1 atom stereocenters. The number of carbonyl (C=O) groups is 2. The second-order valence-corrected chi connectivity index (χ2v) is 8.42. The summed E-state index contributed by atoms with van der Waals surface area (Å²) in [6.45, 7) is 4.42. The fourth-order valence-corrected chi connectivity index (χ4v) is 5.17. The standard InChI is InChI=1S/C24H26N2O3/c1-17-7-9-19(10-8-17)25-13-3-11-24(23(25)28)12-4-14-26(24)22(27)20-6-2-5-18-15-29-16-21(18)20/h2,5-10H,3-4,11-16H2,1H3. The topological polar surface area (TPSA) is 49.9 Å². The van der Waals surface area contributed by atoms with Crippen LogP contribution in [-0.4, -0.2) is 35.3 Å². The first kappa shape index (κ1) is 18.4. The van der Waals surface area contributed by atoms with Gasteiger partial charge in [-0.3, -0.25) is 9.59 Å². The van der Waals surface area contributed by atoms with Gasteiger partial charge in [0, 0.05) is 24.3 Å². The molecule has 150 valence electrons. The van der Waals surface area contributed by atoms with Crippen LogP contribution in [0.2, 0.25) is 0 Å². The Hall–Kier alpha value is -2.66. The summed E-state index contributed by atoms with van der Waals surface area (Å²) in [5.41, 5.74) is 4.14. The van der Waals surface area contributed by atoms with Crippen LogP contribution in [-0.2, 0) is 22.7 Å². The molecule has 3 aliphatic heterocycles. The van der Waals surface area contributed by atoms with Gasteiger partial charge in [-0.2, -0.15) is 0 Å². The van der Waals surface area contributed by atoms with Crippen LogP contribution in [0.1, 0.15) is 52.7 Å². The Morgan fingerprint density at radius 1 is 1.00 bits per heavy atom. The van der Waals surface area contributed by atoms with Crippen LogP contribution in [0.3, 0.4) is 0 Å². The molecule has 29 heavy (non-hydrogen) atoms. The first-order chi connectivity index (χ1) is 14.1.